The van der Waals surface area contributed by atoms with Crippen LogP contribution in [0.5, 0.6) is 0 Å². The minimum atomic E-state index is -1.56. The van der Waals surface area contributed by atoms with Crippen molar-refractivity contribution in [1.29, 1.82) is 0 Å². The van der Waals surface area contributed by atoms with Crippen LogP contribution in [0.1, 0.15) is 12.8 Å². The largest absolute Gasteiger partial charge is 0.400 e. The minimum Gasteiger partial charge on any atom is -0.400 e. The molecule has 0 saturated heterocycles. The van der Waals surface area contributed by atoms with E-state index in [2.05, 4.69) is 10.6 Å². The first-order valence-corrected chi connectivity index (χ1v) is 6.28. The number of aliphatic hydroxyl groups is 3. The van der Waals surface area contributed by atoms with E-state index in [4.69, 9.17) is 16.6 Å². The third kappa shape index (κ3) is 10.6. The highest BCUT2D eigenvalue weighted by molar-refractivity contribution is 5.81. The summed E-state index contributed by atoms with van der Waals surface area (Å²) in [5, 5.41) is 30.8. The molecule has 0 bridgehead atoms. The first kappa shape index (κ1) is 21.0. The molecule has 0 fully saturated rings. The third-order valence-electron chi connectivity index (χ3n) is 2.21. The maximum atomic E-state index is 11.3. The summed E-state index contributed by atoms with van der Waals surface area (Å²) in [4.78, 5) is 22.5. The SMILES string of the molecule is CO.NCCNC(=O)CCC(O)C(O)C(=O)NCCN. The predicted molar refractivity (Wildman–Crippen MR) is 73.5 cm³/mol. The summed E-state index contributed by atoms with van der Waals surface area (Å²) >= 11 is 0. The van der Waals surface area contributed by atoms with Crippen molar-refractivity contribution in [3.8, 4) is 0 Å². The summed E-state index contributed by atoms with van der Waals surface area (Å²) in [7, 11) is 1.00. The molecule has 0 spiro atoms. The molecular weight excluding hydrogens is 268 g/mol. The van der Waals surface area contributed by atoms with Crippen LogP contribution in [-0.2, 0) is 9.59 Å². The quantitative estimate of drug-likeness (QED) is 0.229. The maximum Gasteiger partial charge on any atom is 0.251 e. The summed E-state index contributed by atoms with van der Waals surface area (Å²) in [6.07, 6.45) is -2.83. The second-order valence-corrected chi connectivity index (χ2v) is 3.77. The molecule has 0 aliphatic rings. The minimum absolute atomic E-state index is 0.00633. The van der Waals surface area contributed by atoms with Gasteiger partial charge in [0.2, 0.25) is 5.91 Å². The molecule has 2 amide bonds. The average molecular weight is 294 g/mol. The molecule has 0 saturated carbocycles. The van der Waals surface area contributed by atoms with Crippen LogP contribution in [-0.4, -0.2) is 72.6 Å². The van der Waals surface area contributed by atoms with E-state index in [1.807, 2.05) is 0 Å². The van der Waals surface area contributed by atoms with Crippen molar-refractivity contribution in [2.45, 2.75) is 25.0 Å². The Morgan fingerprint density at radius 1 is 1.05 bits per heavy atom. The van der Waals surface area contributed by atoms with Gasteiger partial charge in [0.15, 0.2) is 6.10 Å². The van der Waals surface area contributed by atoms with Crippen LogP contribution in [0.4, 0.5) is 0 Å². The van der Waals surface area contributed by atoms with E-state index in [0.29, 0.717) is 13.1 Å². The number of rotatable bonds is 9. The number of carbonyl (C=O) groups excluding carboxylic acids is 2. The lowest BCUT2D eigenvalue weighted by atomic mass is 10.1. The van der Waals surface area contributed by atoms with Gasteiger partial charge in [0.1, 0.15) is 0 Å². The van der Waals surface area contributed by atoms with Crippen molar-refractivity contribution in [2.75, 3.05) is 33.3 Å². The van der Waals surface area contributed by atoms with Crippen LogP contribution in [0.25, 0.3) is 0 Å². The van der Waals surface area contributed by atoms with Gasteiger partial charge in [0, 0.05) is 39.7 Å². The Hall–Kier alpha value is -1.26. The summed E-state index contributed by atoms with van der Waals surface area (Å²) in [5.74, 6) is -0.982. The van der Waals surface area contributed by atoms with Crippen LogP contribution in [0.15, 0.2) is 0 Å². The zero-order chi connectivity index (χ0) is 16.0. The summed E-state index contributed by atoms with van der Waals surface area (Å²) < 4.78 is 0. The molecule has 9 nitrogen and oxygen atoms in total. The lowest BCUT2D eigenvalue weighted by Crippen LogP contribution is -2.44. The zero-order valence-electron chi connectivity index (χ0n) is 11.7. The van der Waals surface area contributed by atoms with Gasteiger partial charge in [-0.15, -0.1) is 0 Å². The molecule has 0 rings (SSSR count). The van der Waals surface area contributed by atoms with E-state index in [-0.39, 0.29) is 31.8 Å². The average Bonchev–Trinajstić information content (AvgIpc) is 2.49. The van der Waals surface area contributed by atoms with Crippen molar-refractivity contribution in [3.63, 3.8) is 0 Å². The summed E-state index contributed by atoms with van der Waals surface area (Å²) in [6, 6.07) is 0. The molecule has 20 heavy (non-hydrogen) atoms. The Morgan fingerprint density at radius 3 is 2.05 bits per heavy atom. The Bertz CT molecular complexity index is 265. The molecule has 2 atom stereocenters. The van der Waals surface area contributed by atoms with Gasteiger partial charge in [-0.2, -0.15) is 0 Å². The van der Waals surface area contributed by atoms with Crippen LogP contribution in [0.2, 0.25) is 0 Å². The van der Waals surface area contributed by atoms with Crippen molar-refractivity contribution in [2.24, 2.45) is 11.5 Å². The number of hydrogen-bond acceptors (Lipinski definition) is 7. The van der Waals surface area contributed by atoms with Gasteiger partial charge in [0.05, 0.1) is 6.10 Å². The van der Waals surface area contributed by atoms with Crippen LogP contribution in [0, 0.1) is 0 Å². The maximum absolute atomic E-state index is 11.3. The standard InChI is InChI=1S/C10H22N4O4.CH4O/c11-3-5-13-8(16)2-1-7(15)9(17)10(18)14-6-4-12;1-2/h7,9,15,17H,1-6,11-12H2,(H,13,16)(H,14,18);2H,1H3. The normalized spacial score (nSPS) is 12.7. The molecular formula is C11H26N4O5. The van der Waals surface area contributed by atoms with E-state index in [0.717, 1.165) is 7.11 Å². The Kier molecular flexibility index (Phi) is 14.9. The highest BCUT2D eigenvalue weighted by Gasteiger charge is 2.24. The Balaban J connectivity index is 0. The molecule has 0 aromatic carbocycles. The molecule has 0 aliphatic heterocycles. The second kappa shape index (κ2) is 14.2. The third-order valence-corrected chi connectivity index (χ3v) is 2.21. The molecule has 120 valence electrons. The van der Waals surface area contributed by atoms with Crippen LogP contribution >= 0.6 is 0 Å². The van der Waals surface area contributed by atoms with E-state index < -0.39 is 18.1 Å². The number of carbonyl (C=O) groups is 2. The van der Waals surface area contributed by atoms with E-state index >= 15 is 0 Å². The lowest BCUT2D eigenvalue weighted by Gasteiger charge is -2.17. The van der Waals surface area contributed by atoms with Gasteiger partial charge in [-0.25, -0.2) is 0 Å². The number of nitrogens with one attached hydrogen (secondary N) is 2. The van der Waals surface area contributed by atoms with Gasteiger partial charge >= 0.3 is 0 Å². The van der Waals surface area contributed by atoms with E-state index in [1.54, 1.807) is 0 Å². The van der Waals surface area contributed by atoms with Gasteiger partial charge in [0.25, 0.3) is 5.91 Å². The molecule has 9 N–H and O–H groups in total. The van der Waals surface area contributed by atoms with Gasteiger partial charge < -0.3 is 37.4 Å². The fraction of sp³-hybridized carbons (Fsp3) is 0.818. The van der Waals surface area contributed by atoms with Crippen LogP contribution < -0.4 is 22.1 Å². The van der Waals surface area contributed by atoms with E-state index in [9.17, 15) is 19.8 Å². The van der Waals surface area contributed by atoms with Gasteiger partial charge in [-0.1, -0.05) is 0 Å². The Morgan fingerprint density at radius 2 is 1.55 bits per heavy atom. The molecule has 0 aromatic rings. The molecule has 9 heteroatoms. The van der Waals surface area contributed by atoms with Crippen molar-refractivity contribution < 1.29 is 24.9 Å². The van der Waals surface area contributed by atoms with Crippen molar-refractivity contribution in [1.82, 2.24) is 10.6 Å². The smallest absolute Gasteiger partial charge is 0.251 e. The second-order valence-electron chi connectivity index (χ2n) is 3.77. The highest BCUT2D eigenvalue weighted by atomic mass is 16.3. The molecule has 0 radical (unpaired) electrons. The Labute approximate surface area is 118 Å². The van der Waals surface area contributed by atoms with Crippen molar-refractivity contribution in [3.05, 3.63) is 0 Å². The summed E-state index contributed by atoms with van der Waals surface area (Å²) in [5.41, 5.74) is 10.4. The summed E-state index contributed by atoms with van der Waals surface area (Å²) in [6.45, 7) is 1.16. The van der Waals surface area contributed by atoms with Gasteiger partial charge in [-0.3, -0.25) is 9.59 Å². The number of hydrogen-bond donors (Lipinski definition) is 7. The first-order chi connectivity index (χ1) is 9.52. The fourth-order valence-electron chi connectivity index (χ4n) is 1.21. The highest BCUT2D eigenvalue weighted by Crippen LogP contribution is 2.03. The molecule has 0 aromatic heterocycles. The molecule has 0 aliphatic carbocycles. The topological polar surface area (TPSA) is 171 Å². The number of amides is 2. The van der Waals surface area contributed by atoms with Crippen LogP contribution in [0.3, 0.4) is 0 Å². The molecule has 0 heterocycles. The number of aliphatic hydroxyl groups excluding tert-OH is 3. The van der Waals surface area contributed by atoms with Crippen molar-refractivity contribution >= 4 is 11.8 Å². The number of nitrogens with two attached hydrogens (primary N) is 2. The zero-order valence-corrected chi connectivity index (χ0v) is 11.7. The lowest BCUT2D eigenvalue weighted by molar-refractivity contribution is -0.136. The predicted octanol–water partition coefficient (Wildman–Crippen LogP) is -3.75. The molecule has 2 unspecified atom stereocenters. The first-order valence-electron chi connectivity index (χ1n) is 6.28. The van der Waals surface area contributed by atoms with E-state index in [1.165, 1.54) is 0 Å². The van der Waals surface area contributed by atoms with Gasteiger partial charge in [-0.05, 0) is 6.42 Å². The fourth-order valence-corrected chi connectivity index (χ4v) is 1.21. The monoisotopic (exact) mass is 294 g/mol.